The monoisotopic (exact) mass is 181 g/mol. The molecule has 0 aliphatic carbocycles. The minimum absolute atomic E-state index is 0. The summed E-state index contributed by atoms with van der Waals surface area (Å²) in [6, 6.07) is 0. The summed E-state index contributed by atoms with van der Waals surface area (Å²) in [6.07, 6.45) is -0.306. The number of rotatable bonds is 1. The zero-order valence-corrected chi connectivity index (χ0v) is 7.75. The smallest absolute Gasteiger partial charge is 0.113 e. The third kappa shape index (κ3) is 2.60. The second kappa shape index (κ2) is 3.72. The second-order valence-corrected chi connectivity index (χ2v) is 3.81. The summed E-state index contributed by atoms with van der Waals surface area (Å²) in [5, 5.41) is 18.1. The molecule has 1 aliphatic heterocycles. The molecule has 11 heavy (non-hydrogen) atoms. The number of nitrogens with zero attached hydrogens (tertiary/aromatic N) is 1. The Kier molecular flexibility index (Phi) is 3.77. The van der Waals surface area contributed by atoms with Gasteiger partial charge in [0.25, 0.3) is 0 Å². The van der Waals surface area contributed by atoms with E-state index >= 15 is 0 Å². The minimum Gasteiger partial charge on any atom is -1.00 e. The zero-order valence-electron chi connectivity index (χ0n) is 7.00. The molecule has 0 aromatic heterocycles. The van der Waals surface area contributed by atoms with Crippen molar-refractivity contribution in [2.45, 2.75) is 6.10 Å². The lowest BCUT2D eigenvalue weighted by Gasteiger charge is -2.22. The Morgan fingerprint density at radius 2 is 1.91 bits per heavy atom. The van der Waals surface area contributed by atoms with Gasteiger partial charge >= 0.3 is 0 Å². The molecule has 0 amide bonds. The van der Waals surface area contributed by atoms with Crippen LogP contribution in [0.15, 0.2) is 0 Å². The summed E-state index contributed by atoms with van der Waals surface area (Å²) in [6.45, 7) is 1.77. The van der Waals surface area contributed by atoms with Crippen molar-refractivity contribution >= 4 is 0 Å². The molecule has 1 heterocycles. The maximum atomic E-state index is 9.35. The lowest BCUT2D eigenvalue weighted by molar-refractivity contribution is -0.880. The van der Waals surface area contributed by atoms with Crippen LogP contribution in [0, 0.1) is 5.92 Å². The zero-order chi connectivity index (χ0) is 7.78. The Morgan fingerprint density at radius 1 is 1.36 bits per heavy atom. The first-order chi connectivity index (χ1) is 4.55. The molecule has 68 valence electrons. The van der Waals surface area contributed by atoms with Gasteiger partial charge in [0.2, 0.25) is 0 Å². The molecule has 1 fully saturated rings. The topological polar surface area (TPSA) is 40.5 Å². The van der Waals surface area contributed by atoms with Crippen LogP contribution in [0.1, 0.15) is 0 Å². The number of hydrogen-bond donors (Lipinski definition) is 2. The van der Waals surface area contributed by atoms with Crippen LogP contribution >= 0.6 is 0 Å². The largest absolute Gasteiger partial charge is 1.00 e. The summed E-state index contributed by atoms with van der Waals surface area (Å²) >= 11 is 0. The van der Waals surface area contributed by atoms with Crippen molar-refractivity contribution in [3.05, 3.63) is 0 Å². The molecule has 1 saturated heterocycles. The van der Waals surface area contributed by atoms with E-state index < -0.39 is 0 Å². The average molecular weight is 182 g/mol. The van der Waals surface area contributed by atoms with Gasteiger partial charge in [0.05, 0.1) is 33.2 Å². The normalized spacial score (nSPS) is 34.9. The van der Waals surface area contributed by atoms with Gasteiger partial charge in [-0.15, -0.1) is 0 Å². The predicted octanol–water partition coefficient (Wildman–Crippen LogP) is -3.95. The van der Waals surface area contributed by atoms with Gasteiger partial charge in [0.15, 0.2) is 0 Å². The molecule has 0 bridgehead atoms. The summed E-state index contributed by atoms with van der Waals surface area (Å²) in [4.78, 5) is 0. The molecule has 0 aromatic carbocycles. The van der Waals surface area contributed by atoms with Crippen LogP contribution in [0.2, 0.25) is 0 Å². The van der Waals surface area contributed by atoms with Crippen LogP contribution < -0.4 is 12.4 Å². The van der Waals surface area contributed by atoms with Crippen LogP contribution in [0.25, 0.3) is 0 Å². The maximum Gasteiger partial charge on any atom is 0.113 e. The van der Waals surface area contributed by atoms with E-state index in [0.717, 1.165) is 17.6 Å². The summed E-state index contributed by atoms with van der Waals surface area (Å²) in [7, 11) is 4.14. The molecule has 4 heteroatoms. The molecule has 1 rings (SSSR count). The number of likely N-dealkylation sites (N-methyl/N-ethyl adjacent to an activating group) is 1. The highest BCUT2D eigenvalue weighted by molar-refractivity contribution is 4.73. The van der Waals surface area contributed by atoms with Crippen molar-refractivity contribution in [3.63, 3.8) is 0 Å². The van der Waals surface area contributed by atoms with Gasteiger partial charge < -0.3 is 27.1 Å². The van der Waals surface area contributed by atoms with E-state index in [1.54, 1.807) is 0 Å². The Hall–Kier alpha value is 0.170. The third-order valence-corrected chi connectivity index (χ3v) is 2.19. The maximum absolute atomic E-state index is 9.35. The lowest BCUT2D eigenvalue weighted by atomic mass is 10.1. The van der Waals surface area contributed by atoms with Gasteiger partial charge in [-0.2, -0.15) is 0 Å². The summed E-state index contributed by atoms with van der Waals surface area (Å²) in [5.74, 6) is 0.0926. The predicted molar refractivity (Wildman–Crippen MR) is 38.4 cm³/mol. The molecule has 3 nitrogen and oxygen atoms in total. The molecule has 1 aliphatic rings. The standard InChI is InChI=1S/C7H16NO2.ClH/c1-8(2)3-6(5-9)7(10)4-8;/h6-7,9-10H,3-5H2,1-2H3;1H/q+1;/p-1. The van der Waals surface area contributed by atoms with Gasteiger partial charge in [-0.3, -0.25) is 0 Å². The SMILES string of the molecule is C[N+]1(C)CC(O)C(CO)C1.[Cl-]. The number of likely N-dealkylation sites (tertiary alicyclic amines) is 1. The van der Waals surface area contributed by atoms with Crippen molar-refractivity contribution in [3.8, 4) is 0 Å². The van der Waals surface area contributed by atoms with E-state index in [1.807, 2.05) is 0 Å². The van der Waals surface area contributed by atoms with Gasteiger partial charge in [-0.1, -0.05) is 0 Å². The molecule has 0 saturated carbocycles. The summed E-state index contributed by atoms with van der Waals surface area (Å²) < 4.78 is 0.826. The van der Waals surface area contributed by atoms with E-state index in [0.29, 0.717) is 0 Å². The van der Waals surface area contributed by atoms with E-state index in [-0.39, 0.29) is 31.0 Å². The molecule has 2 unspecified atom stereocenters. The first kappa shape index (κ1) is 11.2. The highest BCUT2D eigenvalue weighted by Gasteiger charge is 2.38. The fraction of sp³-hybridized carbons (Fsp3) is 1.00. The van der Waals surface area contributed by atoms with Crippen LogP contribution in [-0.4, -0.2) is 54.6 Å². The third-order valence-electron chi connectivity index (χ3n) is 2.19. The fourth-order valence-corrected chi connectivity index (χ4v) is 1.67. The van der Waals surface area contributed by atoms with Crippen LogP contribution in [0.3, 0.4) is 0 Å². The van der Waals surface area contributed by atoms with Crippen LogP contribution in [0.4, 0.5) is 0 Å². The Bertz CT molecular complexity index is 130. The van der Waals surface area contributed by atoms with Gasteiger partial charge in [-0.25, -0.2) is 0 Å². The van der Waals surface area contributed by atoms with Crippen molar-refractivity contribution in [2.75, 3.05) is 33.8 Å². The van der Waals surface area contributed by atoms with Gasteiger partial charge in [0.1, 0.15) is 12.6 Å². The van der Waals surface area contributed by atoms with E-state index in [9.17, 15) is 5.11 Å². The lowest BCUT2D eigenvalue weighted by Crippen LogP contribution is -3.00. The molecular formula is C7H16ClNO2. The van der Waals surface area contributed by atoms with Crippen LogP contribution in [0.5, 0.6) is 0 Å². The van der Waals surface area contributed by atoms with E-state index in [1.165, 1.54) is 0 Å². The number of aliphatic hydroxyl groups excluding tert-OH is 2. The highest BCUT2D eigenvalue weighted by Crippen LogP contribution is 2.19. The fourth-order valence-electron chi connectivity index (χ4n) is 1.67. The van der Waals surface area contributed by atoms with Gasteiger partial charge in [-0.05, 0) is 0 Å². The Balaban J connectivity index is 0.000001000. The molecule has 0 aromatic rings. The molecule has 2 atom stereocenters. The average Bonchev–Trinajstić information content (AvgIpc) is 2.05. The Labute approximate surface area is 73.6 Å². The number of hydrogen-bond acceptors (Lipinski definition) is 2. The summed E-state index contributed by atoms with van der Waals surface area (Å²) in [5.41, 5.74) is 0. The highest BCUT2D eigenvalue weighted by atomic mass is 35.5. The van der Waals surface area contributed by atoms with Crippen molar-refractivity contribution in [2.24, 2.45) is 5.92 Å². The molecule has 0 spiro atoms. The molecular weight excluding hydrogens is 166 g/mol. The quantitative estimate of drug-likeness (QED) is 0.406. The minimum atomic E-state index is -0.306. The van der Waals surface area contributed by atoms with Crippen LogP contribution in [-0.2, 0) is 0 Å². The van der Waals surface area contributed by atoms with E-state index in [2.05, 4.69) is 14.1 Å². The number of halogens is 1. The van der Waals surface area contributed by atoms with Crippen molar-refractivity contribution in [1.29, 1.82) is 0 Å². The number of aliphatic hydroxyl groups is 2. The first-order valence-electron chi connectivity index (χ1n) is 3.66. The molecule has 0 radical (unpaired) electrons. The number of quaternary nitrogens is 1. The van der Waals surface area contributed by atoms with Crippen molar-refractivity contribution in [1.82, 2.24) is 0 Å². The van der Waals surface area contributed by atoms with Gasteiger partial charge in [0, 0.05) is 0 Å². The van der Waals surface area contributed by atoms with Crippen molar-refractivity contribution < 1.29 is 27.1 Å². The molecule has 2 N–H and O–H groups in total. The first-order valence-corrected chi connectivity index (χ1v) is 3.66. The van der Waals surface area contributed by atoms with E-state index in [4.69, 9.17) is 5.11 Å². The second-order valence-electron chi connectivity index (χ2n) is 3.81. The Morgan fingerprint density at radius 3 is 2.09 bits per heavy atom.